The minimum atomic E-state index is -0.321. The smallest absolute Gasteiger partial charge is 0.0636 e. The molecule has 4 nitrogen and oxygen atoms in total. The first-order valence-corrected chi connectivity index (χ1v) is 5.10. The highest BCUT2D eigenvalue weighted by Gasteiger charge is 2.21. The minimum absolute atomic E-state index is 0.321. The highest BCUT2D eigenvalue weighted by Crippen LogP contribution is 2.20. The van der Waals surface area contributed by atoms with Crippen molar-refractivity contribution in [3.63, 3.8) is 0 Å². The molecular weight excluding hydrogens is 164 g/mol. The molecule has 0 aliphatic heterocycles. The Morgan fingerprint density at radius 2 is 1.31 bits per heavy atom. The normalized spacial score (nSPS) is 20.3. The molecule has 0 amide bonds. The van der Waals surface area contributed by atoms with Crippen LogP contribution in [0.4, 0.5) is 0 Å². The number of hydrogen-bond donors (Lipinski definition) is 4. The summed E-state index contributed by atoms with van der Waals surface area (Å²) in [7, 11) is 0. The van der Waals surface area contributed by atoms with Gasteiger partial charge in [-0.25, -0.2) is 0 Å². The van der Waals surface area contributed by atoms with Gasteiger partial charge in [0.1, 0.15) is 0 Å². The molecule has 1 fully saturated rings. The van der Waals surface area contributed by atoms with Gasteiger partial charge < -0.3 is 22.9 Å². The van der Waals surface area contributed by atoms with Gasteiger partial charge in [0.25, 0.3) is 0 Å². The van der Waals surface area contributed by atoms with Crippen molar-refractivity contribution >= 4 is 0 Å². The van der Waals surface area contributed by atoms with Gasteiger partial charge in [-0.2, -0.15) is 0 Å². The van der Waals surface area contributed by atoms with E-state index in [1.54, 1.807) is 0 Å². The molecule has 80 valence electrons. The quantitative estimate of drug-likeness (QED) is 0.453. The van der Waals surface area contributed by atoms with Crippen LogP contribution in [0.1, 0.15) is 38.5 Å². The van der Waals surface area contributed by atoms with Gasteiger partial charge in [0.15, 0.2) is 0 Å². The van der Waals surface area contributed by atoms with Gasteiger partial charge in [-0.15, -0.1) is 0 Å². The molecule has 0 unspecified atom stereocenters. The van der Waals surface area contributed by atoms with Crippen molar-refractivity contribution in [1.82, 2.24) is 0 Å². The topological polar surface area (TPSA) is 104 Å². The zero-order chi connectivity index (χ0) is 10.2. The van der Waals surface area contributed by atoms with E-state index in [1.807, 2.05) is 0 Å². The van der Waals surface area contributed by atoms with Crippen molar-refractivity contribution < 1.29 is 0 Å². The molecule has 1 saturated carbocycles. The summed E-state index contributed by atoms with van der Waals surface area (Å²) in [6.45, 7) is 1.44. The summed E-state index contributed by atoms with van der Waals surface area (Å²) in [5.74, 6) is 0. The molecule has 0 heterocycles. The molecule has 4 heteroatoms. The van der Waals surface area contributed by atoms with Crippen LogP contribution in [0, 0.1) is 0 Å². The molecule has 0 aromatic heterocycles. The molecule has 0 radical (unpaired) electrons. The molecule has 8 N–H and O–H groups in total. The maximum atomic E-state index is 5.66. The van der Waals surface area contributed by atoms with Crippen LogP contribution in [0.3, 0.4) is 0 Å². The maximum absolute atomic E-state index is 5.66. The Labute approximate surface area is 81.0 Å². The third-order valence-electron chi connectivity index (χ3n) is 2.19. The Bertz CT molecular complexity index is 104. The standard InChI is InChI=1S/C6H14N2.C3H10N2/c7-6(8)4-2-1-3-5-6;4-2-1-3-5/h1-5,7-8H2;1-5H2. The number of nitrogens with two attached hydrogens (primary N) is 4. The van der Waals surface area contributed by atoms with Gasteiger partial charge in [0, 0.05) is 0 Å². The van der Waals surface area contributed by atoms with E-state index in [2.05, 4.69) is 0 Å². The lowest BCUT2D eigenvalue weighted by molar-refractivity contribution is 0.306. The second kappa shape index (κ2) is 7.26. The van der Waals surface area contributed by atoms with Gasteiger partial charge in [-0.3, -0.25) is 0 Å². The van der Waals surface area contributed by atoms with Crippen molar-refractivity contribution in [2.45, 2.75) is 44.2 Å². The van der Waals surface area contributed by atoms with E-state index >= 15 is 0 Å². The molecular formula is C9H24N4. The van der Waals surface area contributed by atoms with Crippen molar-refractivity contribution in [2.24, 2.45) is 22.9 Å². The Hall–Kier alpha value is -0.160. The van der Waals surface area contributed by atoms with E-state index < -0.39 is 0 Å². The van der Waals surface area contributed by atoms with Gasteiger partial charge in [0.05, 0.1) is 5.66 Å². The van der Waals surface area contributed by atoms with Crippen LogP contribution in [0.25, 0.3) is 0 Å². The Balaban J connectivity index is 0.000000252. The lowest BCUT2D eigenvalue weighted by atomic mass is 9.91. The number of hydrogen-bond acceptors (Lipinski definition) is 4. The molecule has 1 aliphatic rings. The van der Waals surface area contributed by atoms with Crippen molar-refractivity contribution in [2.75, 3.05) is 13.1 Å². The van der Waals surface area contributed by atoms with Crippen LogP contribution in [0.5, 0.6) is 0 Å². The van der Waals surface area contributed by atoms with Crippen LogP contribution >= 0.6 is 0 Å². The van der Waals surface area contributed by atoms with Crippen molar-refractivity contribution in [3.05, 3.63) is 0 Å². The third kappa shape index (κ3) is 8.18. The van der Waals surface area contributed by atoms with Gasteiger partial charge in [-0.05, 0) is 32.4 Å². The first-order chi connectivity index (χ1) is 6.12. The Kier molecular flexibility index (Phi) is 7.17. The largest absolute Gasteiger partial charge is 0.330 e. The minimum Gasteiger partial charge on any atom is -0.330 e. The number of rotatable bonds is 2. The molecule has 0 atom stereocenters. The summed E-state index contributed by atoms with van der Waals surface area (Å²) < 4.78 is 0. The highest BCUT2D eigenvalue weighted by molar-refractivity contribution is 4.79. The summed E-state index contributed by atoms with van der Waals surface area (Å²) in [4.78, 5) is 0. The second-order valence-corrected chi connectivity index (χ2v) is 3.72. The molecule has 13 heavy (non-hydrogen) atoms. The molecule has 0 saturated heterocycles. The first-order valence-electron chi connectivity index (χ1n) is 5.10. The average Bonchev–Trinajstić information content (AvgIpc) is 2.06. The van der Waals surface area contributed by atoms with Gasteiger partial charge in [-0.1, -0.05) is 19.3 Å². The maximum Gasteiger partial charge on any atom is 0.0636 e. The summed E-state index contributed by atoms with van der Waals surface area (Å²) in [5, 5.41) is 0. The fraction of sp³-hybridized carbons (Fsp3) is 1.00. The van der Waals surface area contributed by atoms with Crippen LogP contribution in [-0.4, -0.2) is 18.8 Å². The molecule has 0 aromatic carbocycles. The summed E-state index contributed by atoms with van der Waals surface area (Å²) in [6, 6.07) is 0. The Morgan fingerprint density at radius 3 is 1.46 bits per heavy atom. The zero-order valence-electron chi connectivity index (χ0n) is 8.47. The first kappa shape index (κ1) is 12.8. The molecule has 1 rings (SSSR count). The Morgan fingerprint density at radius 1 is 0.846 bits per heavy atom. The highest BCUT2D eigenvalue weighted by atomic mass is 14.9. The summed E-state index contributed by atoms with van der Waals surface area (Å²) in [6.07, 6.45) is 6.70. The van der Waals surface area contributed by atoms with E-state index in [0.29, 0.717) is 0 Å². The van der Waals surface area contributed by atoms with Crippen LogP contribution < -0.4 is 22.9 Å². The van der Waals surface area contributed by atoms with Crippen LogP contribution in [0.2, 0.25) is 0 Å². The zero-order valence-corrected chi connectivity index (χ0v) is 8.47. The van der Waals surface area contributed by atoms with Gasteiger partial charge >= 0.3 is 0 Å². The summed E-state index contributed by atoms with van der Waals surface area (Å²) >= 11 is 0. The van der Waals surface area contributed by atoms with Crippen LogP contribution in [-0.2, 0) is 0 Å². The van der Waals surface area contributed by atoms with E-state index in [-0.39, 0.29) is 5.66 Å². The molecule has 0 spiro atoms. The lowest BCUT2D eigenvalue weighted by Crippen LogP contribution is -2.50. The SMILES string of the molecule is NC1(N)CCCCC1.NCCCN. The monoisotopic (exact) mass is 188 g/mol. The van der Waals surface area contributed by atoms with Crippen molar-refractivity contribution in [3.8, 4) is 0 Å². The second-order valence-electron chi connectivity index (χ2n) is 3.72. The molecule has 0 aromatic rings. The average molecular weight is 188 g/mol. The lowest BCUT2D eigenvalue weighted by Gasteiger charge is -2.28. The van der Waals surface area contributed by atoms with E-state index in [4.69, 9.17) is 22.9 Å². The summed E-state index contributed by atoms with van der Waals surface area (Å²) in [5.41, 5.74) is 21.1. The fourth-order valence-corrected chi connectivity index (χ4v) is 1.33. The van der Waals surface area contributed by atoms with Crippen LogP contribution in [0.15, 0.2) is 0 Å². The van der Waals surface area contributed by atoms with E-state index in [1.165, 1.54) is 19.3 Å². The molecule has 0 bridgehead atoms. The van der Waals surface area contributed by atoms with E-state index in [9.17, 15) is 0 Å². The predicted octanol–water partition coefficient (Wildman–Crippen LogP) is -0.142. The van der Waals surface area contributed by atoms with Gasteiger partial charge in [0.2, 0.25) is 0 Å². The fourth-order valence-electron chi connectivity index (χ4n) is 1.33. The molecule has 1 aliphatic carbocycles. The third-order valence-corrected chi connectivity index (χ3v) is 2.19. The predicted molar refractivity (Wildman–Crippen MR) is 56.9 cm³/mol. The van der Waals surface area contributed by atoms with E-state index in [0.717, 1.165) is 32.4 Å². The van der Waals surface area contributed by atoms with Crippen molar-refractivity contribution in [1.29, 1.82) is 0 Å².